The topological polar surface area (TPSA) is 135 Å². The number of nitrogens with zero attached hydrogens (tertiary/aromatic N) is 3. The zero-order valence-electron chi connectivity index (χ0n) is 28.7. The van der Waals surface area contributed by atoms with Gasteiger partial charge in [-0.25, -0.2) is 0 Å². The van der Waals surface area contributed by atoms with E-state index in [2.05, 4.69) is 0 Å². The Balaban J connectivity index is 1.46. The zero-order valence-corrected chi connectivity index (χ0v) is 31.4. The Labute approximate surface area is 315 Å². The van der Waals surface area contributed by atoms with Crippen LogP contribution in [-0.4, -0.2) is 24.5 Å². The largest absolute Gasteiger partial charge is 0.447 e. The molecule has 0 saturated heterocycles. The van der Waals surface area contributed by atoms with Crippen molar-refractivity contribution in [3.8, 4) is 34.5 Å². The third kappa shape index (κ3) is 9.20. The first-order valence-corrected chi connectivity index (χ1v) is 20.6. The summed E-state index contributed by atoms with van der Waals surface area (Å²) in [5.74, 6) is 2.59. The van der Waals surface area contributed by atoms with E-state index in [1.165, 1.54) is 9.21 Å². The highest BCUT2D eigenvalue weighted by Crippen LogP contribution is 2.77. The van der Waals surface area contributed by atoms with E-state index >= 15 is 0 Å². The second-order valence-electron chi connectivity index (χ2n) is 11.5. The Morgan fingerprint density at radius 1 is 0.444 bits per heavy atom. The number of hydrogen-bond donors (Lipinski definition) is 3. The van der Waals surface area contributed by atoms with E-state index in [1.807, 2.05) is 66.7 Å². The SMILES string of the molecule is OCc1ccc(ON2P(Oc3ccccc3)N=P(Oc3ccccc3)(Oc3ccccc3)N(Oc3ccc(CO)cc3)P2Oc2ccc(CO)cc2)cc1. The molecule has 276 valence electrons. The average Bonchev–Trinajstić information content (AvgIpc) is 3.22. The molecule has 6 aromatic carbocycles. The third-order valence-electron chi connectivity index (χ3n) is 7.59. The molecule has 12 nitrogen and oxygen atoms in total. The van der Waals surface area contributed by atoms with Crippen LogP contribution >= 0.6 is 24.6 Å². The van der Waals surface area contributed by atoms with Crippen molar-refractivity contribution in [3.63, 3.8) is 0 Å². The third-order valence-corrected chi connectivity index (χ3v) is 14.4. The smallest absolute Gasteiger partial charge is 0.440 e. The first kappa shape index (κ1) is 37.3. The van der Waals surface area contributed by atoms with E-state index in [4.69, 9.17) is 32.3 Å². The van der Waals surface area contributed by atoms with Gasteiger partial charge in [0.15, 0.2) is 0 Å². The zero-order chi connectivity index (χ0) is 37.2. The monoisotopic (exact) mass is 783 g/mol. The Morgan fingerprint density at radius 2 is 0.833 bits per heavy atom. The van der Waals surface area contributed by atoms with Crippen LogP contribution in [0.2, 0.25) is 0 Å². The highest BCUT2D eigenvalue weighted by atomic mass is 31.3. The number of benzene rings is 6. The molecule has 0 aliphatic carbocycles. The predicted octanol–water partition coefficient (Wildman–Crippen LogP) is 9.78. The lowest BCUT2D eigenvalue weighted by atomic mass is 10.2. The fourth-order valence-corrected chi connectivity index (χ4v) is 12.4. The van der Waals surface area contributed by atoms with Crippen LogP contribution in [0.4, 0.5) is 0 Å². The van der Waals surface area contributed by atoms with Gasteiger partial charge in [-0.3, -0.25) is 0 Å². The van der Waals surface area contributed by atoms with Crippen LogP contribution < -0.4 is 27.8 Å². The fourth-order valence-electron chi connectivity index (χ4n) is 4.86. The van der Waals surface area contributed by atoms with E-state index in [9.17, 15) is 15.3 Å². The molecule has 0 aromatic heterocycles. The molecular weight excluding hydrogens is 747 g/mol. The molecule has 54 heavy (non-hydrogen) atoms. The summed E-state index contributed by atoms with van der Waals surface area (Å²) in [5.41, 5.74) is 2.08. The predicted molar refractivity (Wildman–Crippen MR) is 207 cm³/mol. The lowest BCUT2D eigenvalue weighted by Crippen LogP contribution is -2.37. The Kier molecular flexibility index (Phi) is 12.4. The van der Waals surface area contributed by atoms with Crippen molar-refractivity contribution >= 4 is 24.6 Å². The highest BCUT2D eigenvalue weighted by molar-refractivity contribution is 7.78. The van der Waals surface area contributed by atoms with Crippen LogP contribution in [0.25, 0.3) is 0 Å². The molecular formula is C39H36N3O9P3. The lowest BCUT2D eigenvalue weighted by Gasteiger charge is -2.43. The van der Waals surface area contributed by atoms with Crippen molar-refractivity contribution < 1.29 is 43.1 Å². The van der Waals surface area contributed by atoms with Gasteiger partial charge in [-0.1, -0.05) is 91.0 Å². The Morgan fingerprint density at radius 3 is 1.28 bits per heavy atom. The molecule has 15 heteroatoms. The maximum absolute atomic E-state index is 9.78. The molecule has 7 rings (SSSR count). The summed E-state index contributed by atoms with van der Waals surface area (Å²) in [4.78, 5) is 13.4. The first-order chi connectivity index (χ1) is 26.5. The second kappa shape index (κ2) is 17.9. The van der Waals surface area contributed by atoms with Crippen LogP contribution in [0, 0.1) is 0 Å². The number of para-hydroxylation sites is 3. The van der Waals surface area contributed by atoms with Crippen molar-refractivity contribution in [1.29, 1.82) is 0 Å². The summed E-state index contributed by atoms with van der Waals surface area (Å²) >= 11 is 0. The molecule has 0 amide bonds. The van der Waals surface area contributed by atoms with Crippen molar-refractivity contribution in [2.24, 2.45) is 4.52 Å². The molecule has 6 aromatic rings. The van der Waals surface area contributed by atoms with E-state index in [0.29, 0.717) is 51.2 Å². The lowest BCUT2D eigenvalue weighted by molar-refractivity contribution is 0.0545. The number of hydrogen-bond acceptors (Lipinski definition) is 12. The van der Waals surface area contributed by atoms with Crippen LogP contribution in [0.3, 0.4) is 0 Å². The molecule has 0 spiro atoms. The van der Waals surface area contributed by atoms with Crippen molar-refractivity contribution in [2.45, 2.75) is 19.8 Å². The normalized spacial score (nSPS) is 16.8. The van der Waals surface area contributed by atoms with Crippen molar-refractivity contribution in [1.82, 2.24) is 9.21 Å². The van der Waals surface area contributed by atoms with Gasteiger partial charge < -0.3 is 43.1 Å². The minimum Gasteiger partial charge on any atom is -0.440 e. The molecule has 0 bridgehead atoms. The van der Waals surface area contributed by atoms with Gasteiger partial charge in [0, 0.05) is 9.21 Å². The first-order valence-electron chi connectivity index (χ1n) is 16.7. The van der Waals surface area contributed by atoms with Crippen LogP contribution in [0.5, 0.6) is 34.5 Å². The summed E-state index contributed by atoms with van der Waals surface area (Å²) in [6.07, 6.45) is 0. The van der Waals surface area contributed by atoms with E-state index in [1.54, 1.807) is 97.1 Å². The van der Waals surface area contributed by atoms with E-state index in [-0.39, 0.29) is 19.8 Å². The average molecular weight is 784 g/mol. The van der Waals surface area contributed by atoms with Crippen molar-refractivity contribution in [2.75, 3.05) is 0 Å². The summed E-state index contributed by atoms with van der Waals surface area (Å²) in [5, 5.41) is 29.3. The molecule has 2 atom stereocenters. The van der Waals surface area contributed by atoms with Crippen molar-refractivity contribution in [3.05, 3.63) is 180 Å². The van der Waals surface area contributed by atoms with Gasteiger partial charge in [-0.15, -0.1) is 4.52 Å². The van der Waals surface area contributed by atoms with Gasteiger partial charge in [0.2, 0.25) is 0 Å². The van der Waals surface area contributed by atoms with Gasteiger partial charge in [0.05, 0.1) is 19.8 Å². The molecule has 1 aliphatic rings. The summed E-state index contributed by atoms with van der Waals surface area (Å²) in [7, 11) is -8.37. The van der Waals surface area contributed by atoms with E-state index < -0.39 is 24.6 Å². The standard InChI is InChI=1S/C39H36N3O9P3/c43-28-31-16-22-34(23-17-31)46-41-52(48-36-10-4-1-5-11-36)40-54(50-38-12-6-2-7-13-38,51-39-14-8-3-9-15-39)42(47-35-24-18-32(29-44)19-25-35)53(41)49-37-26-20-33(30-45)21-27-37/h1-27,43-45H,28-30H2. The Hall–Kier alpha value is -4.99. The minimum atomic E-state index is -3.89. The van der Waals surface area contributed by atoms with Crippen LogP contribution in [0.15, 0.2) is 168 Å². The second-order valence-corrected chi connectivity index (χ2v) is 17.0. The Bertz CT molecular complexity index is 2070. The number of aliphatic hydroxyl groups is 3. The maximum atomic E-state index is 9.78. The fraction of sp³-hybridized carbons (Fsp3) is 0.0769. The molecule has 3 N–H and O–H groups in total. The van der Waals surface area contributed by atoms with Crippen LogP contribution in [-0.2, 0) is 19.8 Å². The number of rotatable bonds is 15. The summed E-state index contributed by atoms with van der Waals surface area (Å²) < 4.78 is 35.6. The van der Waals surface area contributed by atoms with Gasteiger partial charge in [-0.2, -0.15) is 0 Å². The van der Waals surface area contributed by atoms with Gasteiger partial charge in [0.1, 0.15) is 34.5 Å². The molecule has 0 fully saturated rings. The maximum Gasteiger partial charge on any atom is 0.447 e. The van der Waals surface area contributed by atoms with Crippen LogP contribution in [0.1, 0.15) is 16.7 Å². The highest BCUT2D eigenvalue weighted by Gasteiger charge is 2.58. The quantitative estimate of drug-likeness (QED) is 0.0860. The molecule has 0 radical (unpaired) electrons. The minimum absolute atomic E-state index is 0.139. The van der Waals surface area contributed by atoms with Gasteiger partial charge >= 0.3 is 24.6 Å². The van der Waals surface area contributed by atoms with E-state index in [0.717, 1.165) is 0 Å². The van der Waals surface area contributed by atoms with Gasteiger partial charge in [0.25, 0.3) is 0 Å². The molecule has 2 unspecified atom stereocenters. The summed E-state index contributed by atoms with van der Waals surface area (Å²) in [6, 6.07) is 48.3. The summed E-state index contributed by atoms with van der Waals surface area (Å²) in [6.45, 7) is -0.436. The molecule has 0 saturated carbocycles. The van der Waals surface area contributed by atoms with Gasteiger partial charge in [-0.05, 0) is 89.5 Å². The molecule has 1 aliphatic heterocycles. The number of aliphatic hydroxyl groups excluding tert-OH is 3. The molecule has 1 heterocycles.